The zero-order valence-corrected chi connectivity index (χ0v) is 19.8. The minimum Gasteiger partial charge on any atom is -0.492 e. The first-order valence-corrected chi connectivity index (χ1v) is 12.4. The number of ether oxygens (including phenoxy) is 1. The number of hydrogen-bond donors (Lipinski definition) is 4. The molecule has 0 aliphatic rings. The molecule has 180 valence electrons. The summed E-state index contributed by atoms with van der Waals surface area (Å²) >= 11 is 0. The Morgan fingerprint density at radius 3 is 2.85 bits per heavy atom. The van der Waals surface area contributed by atoms with Crippen molar-refractivity contribution in [1.82, 2.24) is 25.1 Å². The van der Waals surface area contributed by atoms with Crippen LogP contribution in [0.1, 0.15) is 24.3 Å². The maximum atomic E-state index is 12.5. The molecule has 0 saturated carbocycles. The Labute approximate surface area is 198 Å². The maximum Gasteiger partial charge on any atom is 0.280 e. The molecular weight excluding hydrogens is 456 g/mol. The molecule has 0 aliphatic carbocycles. The summed E-state index contributed by atoms with van der Waals surface area (Å²) in [7, 11) is -2.11. The largest absolute Gasteiger partial charge is 0.492 e. The lowest BCUT2D eigenvalue weighted by molar-refractivity contribution is 0.172. The van der Waals surface area contributed by atoms with E-state index >= 15 is 0 Å². The van der Waals surface area contributed by atoms with Crippen molar-refractivity contribution < 1.29 is 18.3 Å². The molecule has 2 aromatic heterocycles. The number of rotatable bonds is 11. The van der Waals surface area contributed by atoms with Crippen LogP contribution in [0, 0.1) is 0 Å². The van der Waals surface area contributed by atoms with Crippen LogP contribution in [0.4, 0.5) is 5.69 Å². The van der Waals surface area contributed by atoms with Gasteiger partial charge in [-0.1, -0.05) is 19.1 Å². The molecule has 4 aromatic rings. The summed E-state index contributed by atoms with van der Waals surface area (Å²) in [6.07, 6.45) is 2.92. The van der Waals surface area contributed by atoms with Gasteiger partial charge < -0.3 is 19.7 Å². The van der Waals surface area contributed by atoms with Gasteiger partial charge in [-0.15, -0.1) is 0 Å². The quantitative estimate of drug-likeness (QED) is 0.240. The number of aliphatic hydroxyl groups excluding tert-OH is 1. The van der Waals surface area contributed by atoms with Crippen LogP contribution in [0.15, 0.2) is 60.0 Å². The Hall–Kier alpha value is -3.41. The molecule has 11 heteroatoms. The summed E-state index contributed by atoms with van der Waals surface area (Å²) in [5, 5.41) is 22.0. The Balaban J connectivity index is 1.26. The van der Waals surface area contributed by atoms with Crippen LogP contribution in [-0.4, -0.2) is 53.0 Å². The number of nitrogens with one attached hydrogen (secondary N) is 3. The topological polar surface area (TPSA) is 134 Å². The fraction of sp³-hybridized carbons (Fsp3) is 0.304. The van der Waals surface area contributed by atoms with Crippen LogP contribution in [-0.2, 0) is 23.5 Å². The smallest absolute Gasteiger partial charge is 0.280 e. The van der Waals surface area contributed by atoms with E-state index in [9.17, 15) is 13.5 Å². The SMILES string of the molecule is CCc1[nH]nc2cc(OCCNCC(O)c3cccc(NS(=O)(=O)c4cn(C)cn4)c3)ccc12. The Kier molecular flexibility index (Phi) is 7.15. The van der Waals surface area contributed by atoms with E-state index in [0.29, 0.717) is 24.4 Å². The minimum atomic E-state index is -3.80. The van der Waals surface area contributed by atoms with Crippen LogP contribution in [0.5, 0.6) is 5.75 Å². The van der Waals surface area contributed by atoms with Crippen LogP contribution in [0.2, 0.25) is 0 Å². The molecule has 2 aromatic carbocycles. The highest BCUT2D eigenvalue weighted by Gasteiger charge is 2.18. The average molecular weight is 485 g/mol. The lowest BCUT2D eigenvalue weighted by atomic mass is 10.1. The normalized spacial score (nSPS) is 12.7. The standard InChI is InChI=1S/C23H28N6O4S/c1-3-20-19-8-7-18(12-21(19)27-26-20)33-10-9-24-13-22(30)16-5-4-6-17(11-16)28-34(31,32)23-14-29(2)15-25-23/h4-8,11-12,14-15,22,24,28,30H,3,9-10,13H2,1-2H3,(H,26,27). The number of aromatic nitrogens is 4. The number of fused-ring (bicyclic) bond motifs is 1. The van der Waals surface area contributed by atoms with Crippen LogP contribution >= 0.6 is 0 Å². The number of anilines is 1. The monoisotopic (exact) mass is 484 g/mol. The van der Waals surface area contributed by atoms with Crippen molar-refractivity contribution >= 4 is 26.6 Å². The molecule has 0 radical (unpaired) electrons. The fourth-order valence-electron chi connectivity index (χ4n) is 3.55. The van der Waals surface area contributed by atoms with E-state index in [1.165, 1.54) is 12.5 Å². The third kappa shape index (κ3) is 5.56. The van der Waals surface area contributed by atoms with Crippen molar-refractivity contribution in [3.8, 4) is 5.75 Å². The predicted molar refractivity (Wildman–Crippen MR) is 129 cm³/mol. The van der Waals surface area contributed by atoms with E-state index in [1.54, 1.807) is 35.9 Å². The van der Waals surface area contributed by atoms with Crippen molar-refractivity contribution in [2.24, 2.45) is 7.05 Å². The number of sulfonamides is 1. The summed E-state index contributed by atoms with van der Waals surface area (Å²) in [5.41, 5.74) is 2.91. The number of benzene rings is 2. The van der Waals surface area contributed by atoms with Crippen molar-refractivity contribution in [1.29, 1.82) is 0 Å². The van der Waals surface area contributed by atoms with E-state index in [0.717, 1.165) is 28.8 Å². The van der Waals surface area contributed by atoms with Gasteiger partial charge in [0.2, 0.25) is 0 Å². The van der Waals surface area contributed by atoms with Crippen LogP contribution in [0.3, 0.4) is 0 Å². The van der Waals surface area contributed by atoms with Crippen molar-refractivity contribution in [2.45, 2.75) is 24.5 Å². The Morgan fingerprint density at radius 1 is 1.24 bits per heavy atom. The maximum absolute atomic E-state index is 12.5. The summed E-state index contributed by atoms with van der Waals surface area (Å²) in [6, 6.07) is 12.5. The number of aliphatic hydroxyl groups is 1. The molecular formula is C23H28N6O4S. The van der Waals surface area contributed by atoms with E-state index in [1.807, 2.05) is 18.2 Å². The summed E-state index contributed by atoms with van der Waals surface area (Å²) in [5.74, 6) is 0.733. The highest BCUT2D eigenvalue weighted by atomic mass is 32.2. The number of imidazole rings is 1. The molecule has 0 aliphatic heterocycles. The van der Waals surface area contributed by atoms with Gasteiger partial charge in [-0.3, -0.25) is 9.82 Å². The third-order valence-electron chi connectivity index (χ3n) is 5.32. The summed E-state index contributed by atoms with van der Waals surface area (Å²) < 4.78 is 34.8. The number of H-pyrrole nitrogens is 1. The summed E-state index contributed by atoms with van der Waals surface area (Å²) in [6.45, 7) is 3.32. The lowest BCUT2D eigenvalue weighted by Gasteiger charge is -2.14. The van der Waals surface area contributed by atoms with E-state index in [4.69, 9.17) is 4.74 Å². The van der Waals surface area contributed by atoms with Crippen LogP contribution < -0.4 is 14.8 Å². The van der Waals surface area contributed by atoms with Gasteiger partial charge in [0.25, 0.3) is 10.0 Å². The molecule has 0 saturated heterocycles. The second kappa shape index (κ2) is 10.2. The first kappa shape index (κ1) is 23.7. The van der Waals surface area contributed by atoms with Crippen molar-refractivity contribution in [3.05, 3.63) is 66.2 Å². The number of aryl methyl sites for hydroxylation is 2. The third-order valence-corrected chi connectivity index (χ3v) is 6.59. The minimum absolute atomic E-state index is 0.0696. The van der Waals surface area contributed by atoms with Gasteiger partial charge in [0.15, 0.2) is 5.03 Å². The molecule has 0 fully saturated rings. The Bertz CT molecular complexity index is 1360. The first-order chi connectivity index (χ1) is 16.4. The predicted octanol–water partition coefficient (Wildman–Crippen LogP) is 2.36. The average Bonchev–Trinajstić information content (AvgIpc) is 3.44. The fourth-order valence-corrected chi connectivity index (χ4v) is 4.58. The van der Waals surface area contributed by atoms with Gasteiger partial charge in [-0.05, 0) is 36.2 Å². The van der Waals surface area contributed by atoms with Gasteiger partial charge in [0, 0.05) is 49.2 Å². The highest BCUT2D eigenvalue weighted by Crippen LogP contribution is 2.22. The molecule has 0 spiro atoms. The summed E-state index contributed by atoms with van der Waals surface area (Å²) in [4.78, 5) is 3.88. The molecule has 0 bridgehead atoms. The molecule has 34 heavy (non-hydrogen) atoms. The zero-order chi connectivity index (χ0) is 24.1. The molecule has 1 unspecified atom stereocenters. The highest BCUT2D eigenvalue weighted by molar-refractivity contribution is 7.92. The van der Waals surface area contributed by atoms with Crippen molar-refractivity contribution in [3.63, 3.8) is 0 Å². The van der Waals surface area contributed by atoms with E-state index in [2.05, 4.69) is 32.1 Å². The van der Waals surface area contributed by atoms with Gasteiger partial charge in [0.1, 0.15) is 12.4 Å². The first-order valence-electron chi connectivity index (χ1n) is 10.9. The van der Waals surface area contributed by atoms with E-state index < -0.39 is 16.1 Å². The molecule has 10 nitrogen and oxygen atoms in total. The lowest BCUT2D eigenvalue weighted by Crippen LogP contribution is -2.26. The van der Waals surface area contributed by atoms with Gasteiger partial charge in [-0.25, -0.2) is 4.98 Å². The molecule has 4 rings (SSSR count). The molecule has 4 N–H and O–H groups in total. The van der Waals surface area contributed by atoms with Gasteiger partial charge in [0.05, 0.1) is 17.9 Å². The number of hydrogen-bond acceptors (Lipinski definition) is 7. The van der Waals surface area contributed by atoms with Crippen LogP contribution in [0.25, 0.3) is 10.9 Å². The van der Waals surface area contributed by atoms with Gasteiger partial charge in [-0.2, -0.15) is 13.5 Å². The van der Waals surface area contributed by atoms with Crippen molar-refractivity contribution in [2.75, 3.05) is 24.4 Å². The van der Waals surface area contributed by atoms with E-state index in [-0.39, 0.29) is 11.6 Å². The second-order valence-corrected chi connectivity index (χ2v) is 9.54. The number of nitrogens with zero attached hydrogens (tertiary/aromatic N) is 3. The van der Waals surface area contributed by atoms with Gasteiger partial charge >= 0.3 is 0 Å². The second-order valence-electron chi connectivity index (χ2n) is 7.91. The zero-order valence-electron chi connectivity index (χ0n) is 19.0. The Morgan fingerprint density at radius 2 is 2.09 bits per heavy atom. The number of aromatic amines is 1. The molecule has 2 heterocycles. The molecule has 1 atom stereocenters. The molecule has 0 amide bonds.